The van der Waals surface area contributed by atoms with E-state index in [0.29, 0.717) is 24.6 Å². The summed E-state index contributed by atoms with van der Waals surface area (Å²) in [5.41, 5.74) is 0. The minimum atomic E-state index is -0.841. The van der Waals surface area contributed by atoms with Crippen LogP contribution < -0.4 is 5.32 Å². The van der Waals surface area contributed by atoms with Gasteiger partial charge in [-0.25, -0.2) is 0 Å². The molecule has 0 radical (unpaired) electrons. The number of hydrogen-bond acceptors (Lipinski definition) is 3. The van der Waals surface area contributed by atoms with Gasteiger partial charge in [0, 0.05) is 29.4 Å². The fourth-order valence-corrected chi connectivity index (χ4v) is 3.70. The first-order valence-electron chi connectivity index (χ1n) is 7.46. The molecular weight excluding hydrogens is 276 g/mol. The molecule has 20 heavy (non-hydrogen) atoms. The Labute approximate surface area is 122 Å². The maximum atomic E-state index is 12.5. The minimum Gasteiger partial charge on any atom is -0.342 e. The van der Waals surface area contributed by atoms with Crippen LogP contribution >= 0.6 is 0 Å². The summed E-state index contributed by atoms with van der Waals surface area (Å²) in [5.74, 6) is 0.874. The summed E-state index contributed by atoms with van der Waals surface area (Å²) in [6.45, 7) is 0.688. The number of nitrogens with zero attached hydrogens (tertiary/aromatic N) is 1. The van der Waals surface area contributed by atoms with Crippen LogP contribution in [0, 0.1) is 5.92 Å². The summed E-state index contributed by atoms with van der Waals surface area (Å²) < 4.78 is 11.1. The molecule has 1 saturated carbocycles. The molecule has 1 N–H and O–H groups in total. The van der Waals surface area contributed by atoms with Gasteiger partial charge in [0.15, 0.2) is 0 Å². The second-order valence-electron chi connectivity index (χ2n) is 5.83. The van der Waals surface area contributed by atoms with Gasteiger partial charge in [-0.2, -0.15) is 0 Å². The summed E-state index contributed by atoms with van der Waals surface area (Å²) in [5, 5.41) is 2.87. The third-order valence-electron chi connectivity index (χ3n) is 4.21. The third-order valence-corrected chi connectivity index (χ3v) is 5.07. The lowest BCUT2D eigenvalue weighted by atomic mass is 9.82. The Morgan fingerprint density at radius 1 is 1.25 bits per heavy atom. The maximum absolute atomic E-state index is 12.5. The molecule has 5 nitrogen and oxygen atoms in total. The first-order valence-corrected chi connectivity index (χ1v) is 9.19. The van der Waals surface area contributed by atoms with E-state index >= 15 is 0 Å². The van der Waals surface area contributed by atoms with E-state index in [1.807, 2.05) is 0 Å². The molecule has 2 aliphatic rings. The van der Waals surface area contributed by atoms with E-state index in [1.165, 1.54) is 6.42 Å². The molecule has 6 heteroatoms. The number of piperazine rings is 1. The number of carbonyl (C=O) groups excluding carboxylic acids is 2. The van der Waals surface area contributed by atoms with Crippen LogP contribution in [0.15, 0.2) is 0 Å². The van der Waals surface area contributed by atoms with Crippen molar-refractivity contribution in [2.75, 3.05) is 25.1 Å². The van der Waals surface area contributed by atoms with Gasteiger partial charge in [0.2, 0.25) is 11.8 Å². The van der Waals surface area contributed by atoms with Gasteiger partial charge in [-0.1, -0.05) is 19.3 Å². The van der Waals surface area contributed by atoms with E-state index < -0.39 is 10.8 Å². The summed E-state index contributed by atoms with van der Waals surface area (Å²) in [7, 11) is -0.841. The van der Waals surface area contributed by atoms with Crippen molar-refractivity contribution in [3.8, 4) is 0 Å². The van der Waals surface area contributed by atoms with Crippen LogP contribution in [0.3, 0.4) is 0 Å². The number of amides is 2. The smallest absolute Gasteiger partial charge is 0.245 e. The lowest BCUT2D eigenvalue weighted by Crippen LogP contribution is -2.60. The average Bonchev–Trinajstić information content (AvgIpc) is 2.43. The Bertz CT molecular complexity index is 394. The van der Waals surface area contributed by atoms with Gasteiger partial charge in [0.1, 0.15) is 6.04 Å². The van der Waals surface area contributed by atoms with E-state index in [-0.39, 0.29) is 24.4 Å². The molecule has 1 aliphatic heterocycles. The average molecular weight is 300 g/mol. The number of hydrogen-bond donors (Lipinski definition) is 1. The van der Waals surface area contributed by atoms with Crippen molar-refractivity contribution >= 4 is 22.6 Å². The summed E-state index contributed by atoms with van der Waals surface area (Å²) >= 11 is 0. The van der Waals surface area contributed by atoms with Crippen molar-refractivity contribution in [1.29, 1.82) is 0 Å². The van der Waals surface area contributed by atoms with Crippen LogP contribution in [0.4, 0.5) is 0 Å². The summed E-state index contributed by atoms with van der Waals surface area (Å²) in [6, 6.07) is -0.330. The highest BCUT2D eigenvalue weighted by Gasteiger charge is 2.37. The maximum Gasteiger partial charge on any atom is 0.245 e. The third kappa shape index (κ3) is 4.04. The molecular formula is C14H24N2O3S. The van der Waals surface area contributed by atoms with Crippen LogP contribution in [0.1, 0.15) is 38.5 Å². The predicted octanol–water partition coefficient (Wildman–Crippen LogP) is 0.662. The predicted molar refractivity (Wildman–Crippen MR) is 78.6 cm³/mol. The Balaban J connectivity index is 1.93. The fourth-order valence-electron chi connectivity index (χ4n) is 3.16. The molecule has 0 spiro atoms. The summed E-state index contributed by atoms with van der Waals surface area (Å²) in [6.07, 6.45) is 7.96. The summed E-state index contributed by atoms with van der Waals surface area (Å²) in [4.78, 5) is 25.9. The molecule has 2 fully saturated rings. The molecule has 1 saturated heterocycles. The lowest BCUT2D eigenvalue weighted by Gasteiger charge is -2.37. The molecule has 0 aromatic rings. The van der Waals surface area contributed by atoms with Crippen LogP contribution in [0.25, 0.3) is 0 Å². The van der Waals surface area contributed by atoms with E-state index in [2.05, 4.69) is 5.32 Å². The topological polar surface area (TPSA) is 66.5 Å². The molecule has 2 atom stereocenters. The SMILES string of the molecule is CS(=O)CCCN1CC(=O)NC(C2CCCCC2)C1=O. The van der Waals surface area contributed by atoms with Gasteiger partial charge in [0.05, 0.1) is 6.54 Å². The zero-order valence-electron chi connectivity index (χ0n) is 12.1. The van der Waals surface area contributed by atoms with Crippen molar-refractivity contribution < 1.29 is 13.8 Å². The molecule has 2 rings (SSSR count). The Hall–Kier alpha value is -0.910. The Kier molecular flexibility index (Phi) is 5.57. The lowest BCUT2D eigenvalue weighted by molar-refractivity contribution is -0.146. The van der Waals surface area contributed by atoms with Crippen molar-refractivity contribution in [3.63, 3.8) is 0 Å². The first kappa shape index (κ1) is 15.5. The highest BCUT2D eigenvalue weighted by molar-refractivity contribution is 7.84. The molecule has 0 bridgehead atoms. The normalized spacial score (nSPS) is 26.4. The quantitative estimate of drug-likeness (QED) is 0.811. The highest BCUT2D eigenvalue weighted by atomic mass is 32.2. The zero-order chi connectivity index (χ0) is 14.5. The number of nitrogens with one attached hydrogen (secondary N) is 1. The van der Waals surface area contributed by atoms with Crippen LogP contribution in [0.5, 0.6) is 0 Å². The van der Waals surface area contributed by atoms with Crippen LogP contribution in [-0.2, 0) is 20.4 Å². The van der Waals surface area contributed by atoms with Gasteiger partial charge >= 0.3 is 0 Å². The minimum absolute atomic E-state index is 0.0541. The second-order valence-corrected chi connectivity index (χ2v) is 7.39. The molecule has 1 heterocycles. The van der Waals surface area contributed by atoms with Crippen LogP contribution in [-0.4, -0.2) is 52.1 Å². The number of rotatable bonds is 5. The van der Waals surface area contributed by atoms with E-state index in [4.69, 9.17) is 0 Å². The van der Waals surface area contributed by atoms with Gasteiger partial charge < -0.3 is 10.2 Å². The van der Waals surface area contributed by atoms with Gasteiger partial charge in [-0.3, -0.25) is 13.8 Å². The van der Waals surface area contributed by atoms with Gasteiger partial charge in [0.25, 0.3) is 0 Å². The van der Waals surface area contributed by atoms with Crippen LogP contribution in [0.2, 0.25) is 0 Å². The van der Waals surface area contributed by atoms with Crippen molar-refractivity contribution in [2.24, 2.45) is 5.92 Å². The standard InChI is InChI=1S/C14H24N2O3S/c1-20(19)9-5-8-16-10-12(17)15-13(14(16)18)11-6-3-2-4-7-11/h11,13H,2-10H2,1H3,(H,15,17). The van der Waals surface area contributed by atoms with E-state index in [1.54, 1.807) is 11.2 Å². The highest BCUT2D eigenvalue weighted by Crippen LogP contribution is 2.28. The zero-order valence-corrected chi connectivity index (χ0v) is 12.9. The molecule has 2 unspecified atom stereocenters. The monoisotopic (exact) mass is 300 g/mol. The fraction of sp³-hybridized carbons (Fsp3) is 0.857. The second kappa shape index (κ2) is 7.20. The molecule has 0 aromatic heterocycles. The molecule has 2 amide bonds. The van der Waals surface area contributed by atoms with E-state index in [9.17, 15) is 13.8 Å². The van der Waals surface area contributed by atoms with E-state index in [0.717, 1.165) is 25.7 Å². The molecule has 0 aromatic carbocycles. The Morgan fingerprint density at radius 2 is 1.95 bits per heavy atom. The van der Waals surface area contributed by atoms with Gasteiger partial charge in [-0.15, -0.1) is 0 Å². The molecule has 1 aliphatic carbocycles. The van der Waals surface area contributed by atoms with Crippen molar-refractivity contribution in [1.82, 2.24) is 10.2 Å². The van der Waals surface area contributed by atoms with Gasteiger partial charge in [-0.05, 0) is 25.2 Å². The first-order chi connectivity index (χ1) is 9.58. The molecule has 114 valence electrons. The van der Waals surface area contributed by atoms with Crippen molar-refractivity contribution in [3.05, 3.63) is 0 Å². The largest absolute Gasteiger partial charge is 0.342 e. The Morgan fingerprint density at radius 3 is 2.60 bits per heavy atom. The van der Waals surface area contributed by atoms with Crippen molar-refractivity contribution in [2.45, 2.75) is 44.6 Å². The number of carbonyl (C=O) groups is 2.